The molecule has 3 amide bonds. The third-order valence-electron chi connectivity index (χ3n) is 5.54. The summed E-state index contributed by atoms with van der Waals surface area (Å²) in [7, 11) is 0. The average molecular weight is 443 g/mol. The Morgan fingerprint density at radius 3 is 2.38 bits per heavy atom. The smallest absolute Gasteiger partial charge is 0.406 e. The molecule has 0 spiro atoms. The van der Waals surface area contributed by atoms with Gasteiger partial charge in [0.05, 0.1) is 11.2 Å². The molecule has 0 atom stereocenters. The van der Waals surface area contributed by atoms with Crippen molar-refractivity contribution in [3.63, 3.8) is 0 Å². The molecule has 3 aromatic rings. The number of fused-ring (bicyclic) bond motifs is 1. The number of carbonyl (C=O) groups excluding carboxylic acids is 2. The highest BCUT2D eigenvalue weighted by atomic mass is 19.4. The van der Waals surface area contributed by atoms with Crippen molar-refractivity contribution in [1.29, 1.82) is 0 Å². The number of aryl methyl sites for hydroxylation is 1. The maximum atomic E-state index is 13.3. The second kappa shape index (κ2) is 7.51. The Morgan fingerprint density at radius 1 is 1.03 bits per heavy atom. The van der Waals surface area contributed by atoms with Gasteiger partial charge in [-0.25, -0.2) is 9.69 Å². The molecule has 1 fully saturated rings. The van der Waals surface area contributed by atoms with Gasteiger partial charge in [0.2, 0.25) is 0 Å². The highest BCUT2D eigenvalue weighted by Crippen LogP contribution is 2.35. The number of nitrogens with zero attached hydrogens (tertiary/aromatic N) is 3. The Labute approximate surface area is 182 Å². The molecule has 4 rings (SSSR count). The van der Waals surface area contributed by atoms with Crippen molar-refractivity contribution in [2.45, 2.75) is 39.2 Å². The molecule has 1 saturated heterocycles. The van der Waals surface area contributed by atoms with Crippen molar-refractivity contribution in [2.75, 3.05) is 4.90 Å². The Morgan fingerprint density at radius 2 is 1.72 bits per heavy atom. The van der Waals surface area contributed by atoms with E-state index in [2.05, 4.69) is 9.72 Å². The number of imide groups is 1. The van der Waals surface area contributed by atoms with Crippen LogP contribution < -0.4 is 9.64 Å². The van der Waals surface area contributed by atoms with Crippen LogP contribution in [0.1, 0.15) is 25.0 Å². The molecule has 0 saturated carbocycles. The first-order valence-electron chi connectivity index (χ1n) is 9.84. The lowest BCUT2D eigenvalue weighted by atomic mass is 10.0. The normalized spacial score (nSPS) is 16.2. The van der Waals surface area contributed by atoms with Gasteiger partial charge in [0.25, 0.3) is 5.91 Å². The standard InChI is InChI=1S/C23H20F3N3O3/c1-14-5-4-6-18-15(11-12-27-19(14)18)13-28-21(31)29(20(30)22(28,2)3)16-7-9-17(10-8-16)32-23(24,25)26/h4-12H,13H2,1-3H3. The first-order valence-corrected chi connectivity index (χ1v) is 9.84. The molecule has 0 unspecified atom stereocenters. The molecule has 2 heterocycles. The van der Waals surface area contributed by atoms with Gasteiger partial charge in [0, 0.05) is 18.1 Å². The minimum atomic E-state index is -4.83. The molecule has 0 radical (unpaired) electrons. The lowest BCUT2D eigenvalue weighted by Gasteiger charge is -2.28. The van der Waals surface area contributed by atoms with Crippen molar-refractivity contribution in [3.05, 3.63) is 65.9 Å². The van der Waals surface area contributed by atoms with Crippen LogP contribution in [0.15, 0.2) is 54.7 Å². The first-order chi connectivity index (χ1) is 15.0. The molecule has 1 aliphatic heterocycles. The number of ether oxygens (including phenoxy) is 1. The van der Waals surface area contributed by atoms with Crippen LogP contribution in [0.3, 0.4) is 0 Å². The minimum absolute atomic E-state index is 0.167. The van der Waals surface area contributed by atoms with Gasteiger partial charge in [-0.1, -0.05) is 18.2 Å². The number of aromatic nitrogens is 1. The van der Waals surface area contributed by atoms with Crippen LogP contribution in [0.5, 0.6) is 5.75 Å². The van der Waals surface area contributed by atoms with E-state index in [1.807, 2.05) is 31.2 Å². The fraction of sp³-hybridized carbons (Fsp3) is 0.261. The summed E-state index contributed by atoms with van der Waals surface area (Å²) in [5.41, 5.74) is 1.66. The highest BCUT2D eigenvalue weighted by molar-refractivity contribution is 6.23. The van der Waals surface area contributed by atoms with Gasteiger partial charge in [-0.05, 0) is 62.2 Å². The van der Waals surface area contributed by atoms with E-state index in [-0.39, 0.29) is 12.2 Å². The lowest BCUT2D eigenvalue weighted by molar-refractivity contribution is -0.274. The Hall–Kier alpha value is -3.62. The van der Waals surface area contributed by atoms with Crippen LogP contribution in [0.25, 0.3) is 10.9 Å². The molecule has 166 valence electrons. The van der Waals surface area contributed by atoms with Gasteiger partial charge in [-0.3, -0.25) is 9.78 Å². The maximum absolute atomic E-state index is 13.3. The van der Waals surface area contributed by atoms with Crippen LogP contribution in [0, 0.1) is 6.92 Å². The highest BCUT2D eigenvalue weighted by Gasteiger charge is 2.51. The zero-order valence-electron chi connectivity index (χ0n) is 17.6. The number of pyridine rings is 1. The molecular weight excluding hydrogens is 423 g/mol. The fourth-order valence-electron chi connectivity index (χ4n) is 3.81. The topological polar surface area (TPSA) is 62.7 Å². The number of para-hydroxylation sites is 1. The number of halogens is 3. The predicted octanol–water partition coefficient (Wildman–Crippen LogP) is 5.19. The SMILES string of the molecule is Cc1cccc2c(CN3C(=O)N(c4ccc(OC(F)(F)F)cc4)C(=O)C3(C)C)ccnc12. The number of benzene rings is 2. The number of amides is 3. The largest absolute Gasteiger partial charge is 0.573 e. The van der Waals surface area contributed by atoms with E-state index in [0.29, 0.717) is 0 Å². The predicted molar refractivity (Wildman–Crippen MR) is 112 cm³/mol. The van der Waals surface area contributed by atoms with Gasteiger partial charge < -0.3 is 9.64 Å². The third-order valence-corrected chi connectivity index (χ3v) is 5.54. The van der Waals surface area contributed by atoms with Gasteiger partial charge >= 0.3 is 12.4 Å². The zero-order chi connectivity index (χ0) is 23.3. The second-order valence-corrected chi connectivity index (χ2v) is 8.05. The van der Waals surface area contributed by atoms with E-state index < -0.39 is 29.6 Å². The second-order valence-electron chi connectivity index (χ2n) is 8.05. The summed E-state index contributed by atoms with van der Waals surface area (Å²) in [5, 5.41) is 0.885. The van der Waals surface area contributed by atoms with Crippen LogP contribution in [0.2, 0.25) is 0 Å². The van der Waals surface area contributed by atoms with Crippen LogP contribution in [-0.2, 0) is 11.3 Å². The molecule has 2 aromatic carbocycles. The number of urea groups is 1. The molecule has 6 nitrogen and oxygen atoms in total. The summed E-state index contributed by atoms with van der Waals surface area (Å²) in [6.45, 7) is 5.40. The first kappa shape index (κ1) is 21.6. The van der Waals surface area contributed by atoms with E-state index >= 15 is 0 Å². The molecule has 9 heteroatoms. The molecule has 0 aliphatic carbocycles. The van der Waals surface area contributed by atoms with Crippen molar-refractivity contribution >= 4 is 28.5 Å². The average Bonchev–Trinajstić information content (AvgIpc) is 2.88. The summed E-state index contributed by atoms with van der Waals surface area (Å²) in [6, 6.07) is 11.7. The van der Waals surface area contributed by atoms with Gasteiger partial charge in [0.1, 0.15) is 11.3 Å². The maximum Gasteiger partial charge on any atom is 0.573 e. The molecule has 32 heavy (non-hydrogen) atoms. The number of hydrogen-bond acceptors (Lipinski definition) is 4. The van der Waals surface area contributed by atoms with Gasteiger partial charge in [0.15, 0.2) is 0 Å². The Kier molecular flexibility index (Phi) is 5.07. The quantitative estimate of drug-likeness (QED) is 0.521. The molecule has 1 aromatic heterocycles. The summed E-state index contributed by atoms with van der Waals surface area (Å²) in [5.74, 6) is -0.906. The Balaban J connectivity index is 1.66. The number of alkyl halides is 3. The molecule has 0 bridgehead atoms. The summed E-state index contributed by atoms with van der Waals surface area (Å²) >= 11 is 0. The van der Waals surface area contributed by atoms with E-state index in [4.69, 9.17) is 0 Å². The lowest BCUT2D eigenvalue weighted by Crippen LogP contribution is -2.43. The van der Waals surface area contributed by atoms with E-state index in [0.717, 1.165) is 39.1 Å². The number of anilines is 1. The third kappa shape index (κ3) is 3.74. The summed E-state index contributed by atoms with van der Waals surface area (Å²) in [6.07, 6.45) is -3.16. The van der Waals surface area contributed by atoms with Crippen LogP contribution >= 0.6 is 0 Å². The molecule has 1 aliphatic rings. The van der Waals surface area contributed by atoms with Crippen molar-refractivity contribution < 1.29 is 27.5 Å². The number of carbonyl (C=O) groups is 2. The number of rotatable bonds is 4. The summed E-state index contributed by atoms with van der Waals surface area (Å²) in [4.78, 5) is 33.2. The Bertz CT molecular complexity index is 1210. The monoisotopic (exact) mass is 443 g/mol. The number of hydrogen-bond donors (Lipinski definition) is 0. The molecule has 0 N–H and O–H groups in total. The van der Waals surface area contributed by atoms with Crippen molar-refractivity contribution in [1.82, 2.24) is 9.88 Å². The minimum Gasteiger partial charge on any atom is -0.406 e. The summed E-state index contributed by atoms with van der Waals surface area (Å²) < 4.78 is 41.1. The van der Waals surface area contributed by atoms with E-state index in [9.17, 15) is 22.8 Å². The molecular formula is C23H20F3N3O3. The van der Waals surface area contributed by atoms with Crippen molar-refractivity contribution in [3.8, 4) is 5.75 Å². The van der Waals surface area contributed by atoms with E-state index in [1.54, 1.807) is 20.0 Å². The fourth-order valence-corrected chi connectivity index (χ4v) is 3.81. The zero-order valence-corrected chi connectivity index (χ0v) is 17.6. The van der Waals surface area contributed by atoms with Crippen LogP contribution in [0.4, 0.5) is 23.7 Å². The van der Waals surface area contributed by atoms with Crippen molar-refractivity contribution in [2.24, 2.45) is 0 Å². The van der Waals surface area contributed by atoms with Crippen LogP contribution in [-0.4, -0.2) is 33.7 Å². The van der Waals surface area contributed by atoms with Gasteiger partial charge in [-0.15, -0.1) is 13.2 Å². The van der Waals surface area contributed by atoms with Gasteiger partial charge in [-0.2, -0.15) is 0 Å². The van der Waals surface area contributed by atoms with E-state index in [1.165, 1.54) is 17.0 Å².